The number of aromatic nitrogens is 2. The molecule has 1 aromatic carbocycles. The van der Waals surface area contributed by atoms with Crippen LogP contribution in [0.2, 0.25) is 10.0 Å². The van der Waals surface area contributed by atoms with E-state index in [-0.39, 0.29) is 18.4 Å². The summed E-state index contributed by atoms with van der Waals surface area (Å²) in [7, 11) is 0. The Bertz CT molecular complexity index is 548. The quantitative estimate of drug-likeness (QED) is 0.848. The van der Waals surface area contributed by atoms with Gasteiger partial charge in [0.05, 0.1) is 6.04 Å². The molecule has 1 heterocycles. The number of thioether (sulfide) groups is 1. The highest BCUT2D eigenvalue weighted by Gasteiger charge is 2.11. The predicted molar refractivity (Wildman–Crippen MR) is 80.2 cm³/mol. The molecule has 2 N–H and O–H groups in total. The van der Waals surface area contributed by atoms with Gasteiger partial charge in [0.25, 0.3) is 5.22 Å². The molecule has 0 aliphatic carbocycles. The zero-order valence-corrected chi connectivity index (χ0v) is 13.1. The molecule has 0 amide bonds. The highest BCUT2D eigenvalue weighted by Crippen LogP contribution is 2.28. The highest BCUT2D eigenvalue weighted by atomic mass is 35.5. The number of benzene rings is 1. The van der Waals surface area contributed by atoms with Crippen LogP contribution < -0.4 is 5.73 Å². The van der Waals surface area contributed by atoms with E-state index in [0.717, 1.165) is 5.56 Å². The van der Waals surface area contributed by atoms with Gasteiger partial charge < -0.3 is 10.2 Å². The number of halogens is 3. The molecule has 0 radical (unpaired) electrons. The summed E-state index contributed by atoms with van der Waals surface area (Å²) in [4.78, 5) is 0. The van der Waals surface area contributed by atoms with Gasteiger partial charge in [0.15, 0.2) is 0 Å². The summed E-state index contributed by atoms with van der Waals surface area (Å²) in [6, 6.07) is 5.12. The van der Waals surface area contributed by atoms with Crippen LogP contribution in [0.1, 0.15) is 24.4 Å². The molecule has 2 aromatic rings. The molecule has 0 fully saturated rings. The van der Waals surface area contributed by atoms with Gasteiger partial charge in [-0.1, -0.05) is 41.0 Å². The molecule has 1 aromatic heterocycles. The fourth-order valence-corrected chi connectivity index (χ4v) is 2.57. The van der Waals surface area contributed by atoms with Gasteiger partial charge in [0.2, 0.25) is 5.89 Å². The third-order valence-electron chi connectivity index (χ3n) is 2.18. The van der Waals surface area contributed by atoms with Crippen LogP contribution in [-0.2, 0) is 5.75 Å². The van der Waals surface area contributed by atoms with Gasteiger partial charge in [0.1, 0.15) is 0 Å². The van der Waals surface area contributed by atoms with Crippen LogP contribution >= 0.6 is 47.4 Å². The molecule has 2 rings (SSSR count). The number of nitrogens with two attached hydrogens (primary N) is 1. The number of nitrogens with zero attached hydrogens (tertiary/aromatic N) is 2. The zero-order valence-electron chi connectivity index (χ0n) is 9.97. The number of hydrogen-bond donors (Lipinski definition) is 1. The van der Waals surface area contributed by atoms with Crippen molar-refractivity contribution in [1.29, 1.82) is 0 Å². The van der Waals surface area contributed by atoms with Crippen molar-refractivity contribution in [3.63, 3.8) is 0 Å². The van der Waals surface area contributed by atoms with Gasteiger partial charge in [-0.05, 0) is 24.6 Å². The fourth-order valence-electron chi connectivity index (χ4n) is 1.24. The third-order valence-corrected chi connectivity index (χ3v) is 3.63. The second-order valence-corrected chi connectivity index (χ2v) is 5.49. The Morgan fingerprint density at radius 1 is 1.37 bits per heavy atom. The standard InChI is InChI=1S/C11H11Cl2N3OS.ClH/c1-6(14)10-15-16-11(17-10)18-5-7-2-3-8(12)4-9(7)13;/h2-4,6H,5,14H2,1H3;1H. The second-order valence-electron chi connectivity index (χ2n) is 3.72. The molecule has 0 spiro atoms. The minimum absolute atomic E-state index is 0. The maximum Gasteiger partial charge on any atom is 0.276 e. The normalized spacial score (nSPS) is 12.0. The van der Waals surface area contributed by atoms with E-state index in [0.29, 0.717) is 26.9 Å². The van der Waals surface area contributed by atoms with E-state index in [9.17, 15) is 0 Å². The van der Waals surface area contributed by atoms with Gasteiger partial charge in [-0.25, -0.2) is 0 Å². The first-order valence-electron chi connectivity index (χ1n) is 5.22. The monoisotopic (exact) mass is 339 g/mol. The molecule has 19 heavy (non-hydrogen) atoms. The van der Waals surface area contributed by atoms with Gasteiger partial charge in [-0.15, -0.1) is 22.6 Å². The SMILES string of the molecule is CC(N)c1nnc(SCc2ccc(Cl)cc2Cl)o1.Cl. The lowest BCUT2D eigenvalue weighted by Gasteiger charge is -2.02. The molecule has 0 aliphatic rings. The molecule has 0 saturated heterocycles. The van der Waals surface area contributed by atoms with Crippen LogP contribution in [0.15, 0.2) is 27.8 Å². The Kier molecular flexibility index (Phi) is 6.42. The Morgan fingerprint density at radius 2 is 2.11 bits per heavy atom. The molecule has 1 unspecified atom stereocenters. The van der Waals surface area contributed by atoms with Crippen LogP contribution in [0, 0.1) is 0 Å². The van der Waals surface area contributed by atoms with Gasteiger partial charge in [-0.2, -0.15) is 0 Å². The molecule has 0 bridgehead atoms. The topological polar surface area (TPSA) is 64.9 Å². The first kappa shape index (κ1) is 16.6. The highest BCUT2D eigenvalue weighted by molar-refractivity contribution is 7.98. The van der Waals surface area contributed by atoms with Crippen molar-refractivity contribution < 1.29 is 4.42 Å². The summed E-state index contributed by atoms with van der Waals surface area (Å²) in [6.45, 7) is 1.79. The Balaban J connectivity index is 0.00000180. The first-order valence-corrected chi connectivity index (χ1v) is 6.96. The van der Waals surface area contributed by atoms with Crippen molar-refractivity contribution in [2.45, 2.75) is 23.9 Å². The van der Waals surface area contributed by atoms with Crippen molar-refractivity contribution in [2.75, 3.05) is 0 Å². The summed E-state index contributed by atoms with van der Waals surface area (Å²) in [5.41, 5.74) is 6.60. The van der Waals surface area contributed by atoms with Crippen molar-refractivity contribution >= 4 is 47.4 Å². The second kappa shape index (κ2) is 7.36. The largest absolute Gasteiger partial charge is 0.414 e. The fraction of sp³-hybridized carbons (Fsp3) is 0.273. The Labute approximate surface area is 131 Å². The van der Waals surface area contributed by atoms with Gasteiger partial charge in [-0.3, -0.25) is 0 Å². The van der Waals surface area contributed by atoms with E-state index in [2.05, 4.69) is 10.2 Å². The van der Waals surface area contributed by atoms with E-state index >= 15 is 0 Å². The summed E-state index contributed by atoms with van der Waals surface area (Å²) in [6.07, 6.45) is 0. The van der Waals surface area contributed by atoms with E-state index in [4.69, 9.17) is 33.4 Å². The molecule has 0 aliphatic heterocycles. The lowest BCUT2D eigenvalue weighted by molar-refractivity contribution is 0.394. The van der Waals surface area contributed by atoms with Crippen molar-refractivity contribution in [1.82, 2.24) is 10.2 Å². The maximum atomic E-state index is 6.07. The average molecular weight is 341 g/mol. The van der Waals surface area contributed by atoms with Crippen LogP contribution in [0.3, 0.4) is 0 Å². The predicted octanol–water partition coefficient (Wildman–Crippen LogP) is 4.11. The number of rotatable bonds is 4. The lowest BCUT2D eigenvalue weighted by atomic mass is 10.2. The van der Waals surface area contributed by atoms with Crippen LogP contribution in [0.5, 0.6) is 0 Å². The minimum Gasteiger partial charge on any atom is -0.414 e. The summed E-state index contributed by atoms with van der Waals surface area (Å²) >= 11 is 13.3. The van der Waals surface area contributed by atoms with E-state index < -0.39 is 0 Å². The molecule has 8 heteroatoms. The molecule has 104 valence electrons. The zero-order chi connectivity index (χ0) is 13.1. The smallest absolute Gasteiger partial charge is 0.276 e. The number of hydrogen-bond acceptors (Lipinski definition) is 5. The summed E-state index contributed by atoms with van der Waals surface area (Å²) in [5.74, 6) is 1.07. The lowest BCUT2D eigenvalue weighted by Crippen LogP contribution is -2.04. The summed E-state index contributed by atoms with van der Waals surface area (Å²) in [5, 5.41) is 9.47. The average Bonchev–Trinajstić information content (AvgIpc) is 2.76. The Hall–Kier alpha value is -0.460. The van der Waals surface area contributed by atoms with E-state index in [1.165, 1.54) is 11.8 Å². The summed E-state index contributed by atoms with van der Waals surface area (Å²) < 4.78 is 5.38. The van der Waals surface area contributed by atoms with Crippen molar-refractivity contribution in [3.8, 4) is 0 Å². The van der Waals surface area contributed by atoms with Crippen LogP contribution in [0.4, 0.5) is 0 Å². The molecule has 1 atom stereocenters. The Morgan fingerprint density at radius 3 is 2.68 bits per heavy atom. The maximum absolute atomic E-state index is 6.07. The van der Waals surface area contributed by atoms with E-state index in [1.807, 2.05) is 6.07 Å². The first-order chi connectivity index (χ1) is 8.56. The van der Waals surface area contributed by atoms with E-state index in [1.54, 1.807) is 19.1 Å². The molecular weight excluding hydrogens is 329 g/mol. The van der Waals surface area contributed by atoms with Gasteiger partial charge >= 0.3 is 0 Å². The van der Waals surface area contributed by atoms with Crippen molar-refractivity contribution in [2.24, 2.45) is 5.73 Å². The van der Waals surface area contributed by atoms with Crippen LogP contribution in [0.25, 0.3) is 0 Å². The molecular formula is C11H12Cl3N3OS. The third kappa shape index (κ3) is 4.54. The van der Waals surface area contributed by atoms with Crippen molar-refractivity contribution in [3.05, 3.63) is 39.7 Å². The van der Waals surface area contributed by atoms with Crippen LogP contribution in [-0.4, -0.2) is 10.2 Å². The van der Waals surface area contributed by atoms with Gasteiger partial charge in [0, 0.05) is 15.8 Å². The minimum atomic E-state index is -0.258. The molecule has 4 nitrogen and oxygen atoms in total. The molecule has 0 saturated carbocycles.